The normalized spacial score (nSPS) is 20.5. The molecule has 0 saturated carbocycles. The molecular formula is C10H13N5O. The van der Waals surface area contributed by atoms with Crippen molar-refractivity contribution in [3.63, 3.8) is 0 Å². The van der Waals surface area contributed by atoms with E-state index in [0.717, 1.165) is 6.54 Å². The molecule has 1 N–H and O–H groups in total. The SMILES string of the molecule is Cn1cnc(C(=O)N2CCNCC2C#N)c1. The maximum absolute atomic E-state index is 12.1. The topological polar surface area (TPSA) is 74.0 Å². The first-order valence-corrected chi connectivity index (χ1v) is 5.11. The third-order valence-corrected chi connectivity index (χ3v) is 2.58. The van der Waals surface area contributed by atoms with Crippen LogP contribution in [-0.2, 0) is 7.05 Å². The quantitative estimate of drug-likeness (QED) is 0.681. The molecule has 1 aromatic heterocycles. The van der Waals surface area contributed by atoms with Crippen LogP contribution in [0.2, 0.25) is 0 Å². The van der Waals surface area contributed by atoms with E-state index in [-0.39, 0.29) is 5.91 Å². The summed E-state index contributed by atoms with van der Waals surface area (Å²) in [4.78, 5) is 17.6. The van der Waals surface area contributed by atoms with E-state index in [9.17, 15) is 4.79 Å². The van der Waals surface area contributed by atoms with Crippen molar-refractivity contribution in [2.24, 2.45) is 7.05 Å². The summed E-state index contributed by atoms with van der Waals surface area (Å²) in [7, 11) is 1.81. The van der Waals surface area contributed by atoms with E-state index in [0.29, 0.717) is 18.8 Å². The molecule has 0 aliphatic carbocycles. The lowest BCUT2D eigenvalue weighted by Gasteiger charge is -2.31. The van der Waals surface area contributed by atoms with Crippen LogP contribution in [0.1, 0.15) is 10.5 Å². The van der Waals surface area contributed by atoms with E-state index in [1.54, 1.807) is 22.0 Å². The second kappa shape index (κ2) is 4.33. The van der Waals surface area contributed by atoms with Crippen molar-refractivity contribution in [2.45, 2.75) is 6.04 Å². The standard InChI is InChI=1S/C10H13N5O/c1-14-6-9(13-7-14)10(16)15-3-2-12-5-8(15)4-11/h6-8,12H,2-3,5H2,1H3. The lowest BCUT2D eigenvalue weighted by atomic mass is 10.2. The van der Waals surface area contributed by atoms with Crippen LogP contribution in [0.4, 0.5) is 0 Å². The van der Waals surface area contributed by atoms with E-state index in [1.165, 1.54) is 0 Å². The Morgan fingerprint density at radius 3 is 3.19 bits per heavy atom. The third-order valence-electron chi connectivity index (χ3n) is 2.58. The summed E-state index contributed by atoms with van der Waals surface area (Å²) in [5.41, 5.74) is 0.393. The minimum Gasteiger partial charge on any atom is -0.340 e. The molecule has 1 amide bonds. The Hall–Kier alpha value is -1.87. The summed E-state index contributed by atoms with van der Waals surface area (Å²) in [6.45, 7) is 1.79. The zero-order valence-corrected chi connectivity index (χ0v) is 9.05. The molecule has 1 unspecified atom stereocenters. The lowest BCUT2D eigenvalue weighted by Crippen LogP contribution is -2.53. The van der Waals surface area contributed by atoms with Crippen LogP contribution in [0.25, 0.3) is 0 Å². The molecule has 16 heavy (non-hydrogen) atoms. The average molecular weight is 219 g/mol. The van der Waals surface area contributed by atoms with E-state index >= 15 is 0 Å². The van der Waals surface area contributed by atoms with E-state index in [4.69, 9.17) is 5.26 Å². The number of hydrogen-bond donors (Lipinski definition) is 1. The summed E-state index contributed by atoms with van der Waals surface area (Å²) in [6.07, 6.45) is 3.25. The highest BCUT2D eigenvalue weighted by molar-refractivity contribution is 5.92. The molecular weight excluding hydrogens is 206 g/mol. The zero-order valence-electron chi connectivity index (χ0n) is 9.05. The Morgan fingerprint density at radius 1 is 1.75 bits per heavy atom. The number of hydrogen-bond acceptors (Lipinski definition) is 4. The predicted molar refractivity (Wildman–Crippen MR) is 56.5 cm³/mol. The number of amides is 1. The summed E-state index contributed by atoms with van der Waals surface area (Å²) in [5, 5.41) is 12.0. The summed E-state index contributed by atoms with van der Waals surface area (Å²) in [5.74, 6) is -0.173. The van der Waals surface area contributed by atoms with Crippen LogP contribution < -0.4 is 5.32 Å². The number of carbonyl (C=O) groups excluding carboxylic acids is 1. The number of carbonyl (C=O) groups is 1. The Balaban J connectivity index is 2.17. The second-order valence-electron chi connectivity index (χ2n) is 3.77. The third kappa shape index (κ3) is 1.90. The highest BCUT2D eigenvalue weighted by Gasteiger charge is 2.28. The average Bonchev–Trinajstić information content (AvgIpc) is 2.75. The van der Waals surface area contributed by atoms with Crippen molar-refractivity contribution in [1.29, 1.82) is 5.26 Å². The Bertz CT molecular complexity index is 433. The van der Waals surface area contributed by atoms with Crippen molar-refractivity contribution in [1.82, 2.24) is 19.8 Å². The number of aryl methyl sites for hydroxylation is 1. The number of nitrogens with zero attached hydrogens (tertiary/aromatic N) is 4. The molecule has 6 heteroatoms. The molecule has 1 aliphatic rings. The van der Waals surface area contributed by atoms with Gasteiger partial charge >= 0.3 is 0 Å². The second-order valence-corrected chi connectivity index (χ2v) is 3.77. The van der Waals surface area contributed by atoms with Gasteiger partial charge in [0.05, 0.1) is 12.4 Å². The Morgan fingerprint density at radius 2 is 2.56 bits per heavy atom. The molecule has 1 fully saturated rings. The fourth-order valence-electron chi connectivity index (χ4n) is 1.73. The largest absolute Gasteiger partial charge is 0.340 e. The lowest BCUT2D eigenvalue weighted by molar-refractivity contribution is 0.0681. The molecule has 1 aromatic rings. The van der Waals surface area contributed by atoms with E-state index < -0.39 is 6.04 Å². The number of nitriles is 1. The number of piperazine rings is 1. The first kappa shape index (κ1) is 10.6. The van der Waals surface area contributed by atoms with Crippen LogP contribution in [-0.4, -0.2) is 46.0 Å². The fourth-order valence-corrected chi connectivity index (χ4v) is 1.73. The van der Waals surface area contributed by atoms with Crippen molar-refractivity contribution >= 4 is 5.91 Å². The highest BCUT2D eigenvalue weighted by Crippen LogP contribution is 2.08. The van der Waals surface area contributed by atoms with Gasteiger partial charge in [-0.25, -0.2) is 4.98 Å². The molecule has 1 saturated heterocycles. The molecule has 2 heterocycles. The van der Waals surface area contributed by atoms with Gasteiger partial charge in [-0.2, -0.15) is 5.26 Å². The van der Waals surface area contributed by atoms with Gasteiger partial charge < -0.3 is 14.8 Å². The monoisotopic (exact) mass is 219 g/mol. The molecule has 0 bridgehead atoms. The van der Waals surface area contributed by atoms with Gasteiger partial charge in [-0.1, -0.05) is 0 Å². The van der Waals surface area contributed by atoms with Gasteiger partial charge in [-0.05, 0) is 0 Å². The highest BCUT2D eigenvalue weighted by atomic mass is 16.2. The van der Waals surface area contributed by atoms with Gasteiger partial charge in [0, 0.05) is 32.9 Å². The predicted octanol–water partition coefficient (Wildman–Crippen LogP) is -0.642. The zero-order chi connectivity index (χ0) is 11.5. The first-order valence-electron chi connectivity index (χ1n) is 5.11. The molecule has 2 rings (SSSR count). The minimum atomic E-state index is -0.400. The van der Waals surface area contributed by atoms with E-state index in [1.807, 2.05) is 7.05 Å². The molecule has 1 aliphatic heterocycles. The maximum Gasteiger partial charge on any atom is 0.275 e. The van der Waals surface area contributed by atoms with Crippen LogP contribution in [0, 0.1) is 11.3 Å². The molecule has 0 aromatic carbocycles. The number of nitrogens with one attached hydrogen (secondary N) is 1. The van der Waals surface area contributed by atoms with Crippen LogP contribution >= 0.6 is 0 Å². The van der Waals surface area contributed by atoms with Crippen LogP contribution in [0.3, 0.4) is 0 Å². The Labute approximate surface area is 93.5 Å². The first-order chi connectivity index (χ1) is 7.72. The fraction of sp³-hybridized carbons (Fsp3) is 0.500. The maximum atomic E-state index is 12.1. The van der Waals surface area contributed by atoms with Crippen molar-refractivity contribution < 1.29 is 4.79 Å². The van der Waals surface area contributed by atoms with Gasteiger partial charge in [0.15, 0.2) is 0 Å². The van der Waals surface area contributed by atoms with Crippen molar-refractivity contribution in [3.05, 3.63) is 18.2 Å². The number of rotatable bonds is 1. The van der Waals surface area contributed by atoms with E-state index in [2.05, 4.69) is 16.4 Å². The number of aromatic nitrogens is 2. The van der Waals surface area contributed by atoms with Gasteiger partial charge in [0.1, 0.15) is 11.7 Å². The molecule has 1 atom stereocenters. The van der Waals surface area contributed by atoms with Crippen molar-refractivity contribution in [2.75, 3.05) is 19.6 Å². The minimum absolute atomic E-state index is 0.173. The molecule has 0 spiro atoms. The molecule has 84 valence electrons. The molecule has 6 nitrogen and oxygen atoms in total. The van der Waals surface area contributed by atoms with Gasteiger partial charge in [-0.15, -0.1) is 0 Å². The van der Waals surface area contributed by atoms with Crippen molar-refractivity contribution in [3.8, 4) is 6.07 Å². The van der Waals surface area contributed by atoms with Crippen LogP contribution in [0.15, 0.2) is 12.5 Å². The number of imidazole rings is 1. The smallest absolute Gasteiger partial charge is 0.275 e. The summed E-state index contributed by atoms with van der Waals surface area (Å²) < 4.78 is 1.72. The van der Waals surface area contributed by atoms with Crippen LogP contribution in [0.5, 0.6) is 0 Å². The summed E-state index contributed by atoms with van der Waals surface area (Å²) >= 11 is 0. The molecule has 0 radical (unpaired) electrons. The van der Waals surface area contributed by atoms with Gasteiger partial charge in [0.2, 0.25) is 0 Å². The summed E-state index contributed by atoms with van der Waals surface area (Å²) in [6, 6.07) is 1.72. The Kier molecular flexibility index (Phi) is 2.88. The van der Waals surface area contributed by atoms with Gasteiger partial charge in [0.25, 0.3) is 5.91 Å². The van der Waals surface area contributed by atoms with Gasteiger partial charge in [-0.3, -0.25) is 4.79 Å².